The molecule has 1 heterocycles. The van der Waals surface area contributed by atoms with Crippen molar-refractivity contribution in [1.82, 2.24) is 10.2 Å². The summed E-state index contributed by atoms with van der Waals surface area (Å²) in [6, 6.07) is 0. The summed E-state index contributed by atoms with van der Waals surface area (Å²) in [5.41, 5.74) is 0.0174. The summed E-state index contributed by atoms with van der Waals surface area (Å²) >= 11 is 1.54. The first-order valence-electron chi connectivity index (χ1n) is 6.79. The zero-order valence-corrected chi connectivity index (χ0v) is 12.7. The summed E-state index contributed by atoms with van der Waals surface area (Å²) in [5.74, 6) is 0.734. The van der Waals surface area contributed by atoms with Crippen LogP contribution in [-0.4, -0.2) is 41.2 Å². The molecule has 1 aliphatic carbocycles. The SMILES string of the molecule is CC(C)(C)c1nnc(NC[C@H](O)COCC2CC2)s1. The molecule has 0 bridgehead atoms. The fourth-order valence-corrected chi connectivity index (χ4v) is 2.33. The molecular formula is C13H23N3O2S. The molecule has 0 aromatic carbocycles. The smallest absolute Gasteiger partial charge is 0.205 e. The molecule has 0 amide bonds. The first-order valence-corrected chi connectivity index (χ1v) is 7.60. The Hall–Kier alpha value is -0.720. The van der Waals surface area contributed by atoms with Crippen LogP contribution in [0.15, 0.2) is 0 Å². The van der Waals surface area contributed by atoms with Gasteiger partial charge in [-0.05, 0) is 18.8 Å². The maximum Gasteiger partial charge on any atom is 0.205 e. The number of rotatable bonds is 7. The molecule has 2 N–H and O–H groups in total. The van der Waals surface area contributed by atoms with Crippen molar-refractivity contribution < 1.29 is 9.84 Å². The summed E-state index contributed by atoms with van der Waals surface area (Å²) in [4.78, 5) is 0. The van der Waals surface area contributed by atoms with Gasteiger partial charge >= 0.3 is 0 Å². The second-order valence-corrected chi connectivity index (χ2v) is 7.16. The number of nitrogens with zero attached hydrogens (tertiary/aromatic N) is 2. The number of aliphatic hydroxyl groups excluding tert-OH is 1. The molecule has 1 aromatic heterocycles. The number of aromatic nitrogens is 2. The second-order valence-electron chi connectivity index (χ2n) is 6.18. The maximum absolute atomic E-state index is 9.78. The lowest BCUT2D eigenvalue weighted by Crippen LogP contribution is -2.25. The molecular weight excluding hydrogens is 262 g/mol. The molecule has 1 atom stereocenters. The molecule has 0 spiro atoms. The van der Waals surface area contributed by atoms with E-state index in [1.807, 2.05) is 0 Å². The minimum atomic E-state index is -0.499. The molecule has 1 fully saturated rings. The van der Waals surface area contributed by atoms with Crippen molar-refractivity contribution in [2.75, 3.05) is 25.1 Å². The first kappa shape index (κ1) is 14.7. The van der Waals surface area contributed by atoms with Gasteiger partial charge in [-0.25, -0.2) is 0 Å². The van der Waals surface area contributed by atoms with Crippen molar-refractivity contribution in [2.45, 2.75) is 45.1 Å². The van der Waals surface area contributed by atoms with Crippen molar-refractivity contribution >= 4 is 16.5 Å². The van der Waals surface area contributed by atoms with Gasteiger partial charge < -0.3 is 15.2 Å². The highest BCUT2D eigenvalue weighted by Gasteiger charge is 2.22. The largest absolute Gasteiger partial charge is 0.389 e. The number of hydrogen-bond acceptors (Lipinski definition) is 6. The molecule has 19 heavy (non-hydrogen) atoms. The standard InChI is InChI=1S/C13H23N3O2S/c1-13(2,3)11-15-16-12(19-11)14-6-10(17)8-18-7-9-4-5-9/h9-10,17H,4-8H2,1-3H3,(H,14,16)/t10-/m0/s1. The van der Waals surface area contributed by atoms with Gasteiger partial charge in [-0.1, -0.05) is 32.1 Å². The molecule has 6 heteroatoms. The van der Waals surface area contributed by atoms with Crippen molar-refractivity contribution in [2.24, 2.45) is 5.92 Å². The molecule has 1 aromatic rings. The molecule has 108 valence electrons. The van der Waals surface area contributed by atoms with E-state index in [0.717, 1.165) is 22.7 Å². The van der Waals surface area contributed by atoms with Crippen LogP contribution in [0.4, 0.5) is 5.13 Å². The average Bonchev–Trinajstić information content (AvgIpc) is 3.01. The highest BCUT2D eigenvalue weighted by atomic mass is 32.1. The van der Waals surface area contributed by atoms with Crippen LogP contribution < -0.4 is 5.32 Å². The van der Waals surface area contributed by atoms with E-state index >= 15 is 0 Å². The molecule has 1 aliphatic rings. The van der Waals surface area contributed by atoms with E-state index in [0.29, 0.717) is 13.2 Å². The average molecular weight is 285 g/mol. The number of nitrogens with one attached hydrogen (secondary N) is 1. The van der Waals surface area contributed by atoms with E-state index in [9.17, 15) is 5.11 Å². The fraction of sp³-hybridized carbons (Fsp3) is 0.846. The first-order chi connectivity index (χ1) is 8.95. The van der Waals surface area contributed by atoms with Crippen molar-refractivity contribution in [1.29, 1.82) is 0 Å². The minimum absolute atomic E-state index is 0.0174. The van der Waals surface area contributed by atoms with Crippen LogP contribution in [0.1, 0.15) is 38.6 Å². The number of anilines is 1. The van der Waals surface area contributed by atoms with Crippen molar-refractivity contribution in [3.63, 3.8) is 0 Å². The Morgan fingerprint density at radius 1 is 1.42 bits per heavy atom. The Kier molecular flexibility index (Phi) is 4.76. The predicted octanol–water partition coefficient (Wildman–Crippen LogP) is 2.03. The third kappa shape index (κ3) is 5.04. The Balaban J connectivity index is 1.67. The zero-order chi connectivity index (χ0) is 13.9. The lowest BCUT2D eigenvalue weighted by Gasteiger charge is -2.12. The second kappa shape index (κ2) is 6.15. The van der Waals surface area contributed by atoms with E-state index in [1.54, 1.807) is 0 Å². The third-order valence-electron chi connectivity index (χ3n) is 2.92. The minimum Gasteiger partial charge on any atom is -0.389 e. The van der Waals surface area contributed by atoms with Gasteiger partial charge in [-0.2, -0.15) is 0 Å². The Morgan fingerprint density at radius 3 is 2.74 bits per heavy atom. The van der Waals surface area contributed by atoms with Crippen LogP contribution in [0, 0.1) is 5.92 Å². The van der Waals surface area contributed by atoms with E-state index in [2.05, 4.69) is 36.3 Å². The maximum atomic E-state index is 9.78. The fourth-order valence-electron chi connectivity index (χ4n) is 1.52. The summed E-state index contributed by atoms with van der Waals surface area (Å²) in [7, 11) is 0. The van der Waals surface area contributed by atoms with Crippen molar-refractivity contribution in [3.8, 4) is 0 Å². The van der Waals surface area contributed by atoms with E-state index in [4.69, 9.17) is 4.74 Å². The van der Waals surface area contributed by atoms with Gasteiger partial charge in [-0.15, -0.1) is 10.2 Å². The predicted molar refractivity (Wildman–Crippen MR) is 76.6 cm³/mol. The van der Waals surface area contributed by atoms with Crippen LogP contribution >= 0.6 is 11.3 Å². The Morgan fingerprint density at radius 2 is 2.16 bits per heavy atom. The number of ether oxygens (including phenoxy) is 1. The molecule has 0 aliphatic heterocycles. The summed E-state index contributed by atoms with van der Waals surface area (Å²) < 4.78 is 5.44. The van der Waals surface area contributed by atoms with Crippen LogP contribution in [0.5, 0.6) is 0 Å². The third-order valence-corrected chi connectivity index (χ3v) is 4.22. The molecule has 0 unspecified atom stereocenters. The lowest BCUT2D eigenvalue weighted by atomic mass is 9.98. The summed E-state index contributed by atoms with van der Waals surface area (Å²) in [5, 5.41) is 22.9. The van der Waals surface area contributed by atoms with Gasteiger partial charge in [0.15, 0.2) is 0 Å². The Bertz CT molecular complexity index is 399. The quantitative estimate of drug-likeness (QED) is 0.802. The molecule has 1 saturated carbocycles. The van der Waals surface area contributed by atoms with E-state index in [1.165, 1.54) is 24.2 Å². The molecule has 2 rings (SSSR count). The van der Waals surface area contributed by atoms with Crippen LogP contribution in [0.2, 0.25) is 0 Å². The Labute approximate surface area is 118 Å². The lowest BCUT2D eigenvalue weighted by molar-refractivity contribution is 0.0386. The van der Waals surface area contributed by atoms with Crippen LogP contribution in [0.25, 0.3) is 0 Å². The highest BCUT2D eigenvalue weighted by molar-refractivity contribution is 7.15. The van der Waals surface area contributed by atoms with Gasteiger partial charge in [0.2, 0.25) is 5.13 Å². The van der Waals surface area contributed by atoms with Gasteiger partial charge in [0.25, 0.3) is 0 Å². The summed E-state index contributed by atoms with van der Waals surface area (Å²) in [6.45, 7) is 7.94. The van der Waals surface area contributed by atoms with E-state index in [-0.39, 0.29) is 5.41 Å². The van der Waals surface area contributed by atoms with Crippen LogP contribution in [0.3, 0.4) is 0 Å². The van der Waals surface area contributed by atoms with Gasteiger partial charge in [0, 0.05) is 18.6 Å². The number of hydrogen-bond donors (Lipinski definition) is 2. The van der Waals surface area contributed by atoms with Gasteiger partial charge in [-0.3, -0.25) is 0 Å². The molecule has 5 nitrogen and oxygen atoms in total. The van der Waals surface area contributed by atoms with Gasteiger partial charge in [0.1, 0.15) is 5.01 Å². The monoisotopic (exact) mass is 285 g/mol. The topological polar surface area (TPSA) is 67.3 Å². The van der Waals surface area contributed by atoms with E-state index < -0.39 is 6.10 Å². The zero-order valence-electron chi connectivity index (χ0n) is 11.8. The van der Waals surface area contributed by atoms with Gasteiger partial charge in [0.05, 0.1) is 12.7 Å². The highest BCUT2D eigenvalue weighted by Crippen LogP contribution is 2.29. The molecule has 0 saturated heterocycles. The van der Waals surface area contributed by atoms with Crippen LogP contribution in [-0.2, 0) is 10.2 Å². The normalized spacial score (nSPS) is 17.5. The molecule has 0 radical (unpaired) electrons. The van der Waals surface area contributed by atoms with Crippen molar-refractivity contribution in [3.05, 3.63) is 5.01 Å². The number of aliphatic hydroxyl groups is 1. The summed E-state index contributed by atoms with van der Waals surface area (Å²) in [6.07, 6.45) is 2.05.